The molecule has 0 saturated carbocycles. The van der Waals surface area contributed by atoms with E-state index in [0.29, 0.717) is 0 Å². The summed E-state index contributed by atoms with van der Waals surface area (Å²) in [6, 6.07) is 0. The average Bonchev–Trinajstić information content (AvgIpc) is 2.57. The van der Waals surface area contributed by atoms with Crippen LogP contribution in [0.25, 0.3) is 0 Å². The molecule has 1 fully saturated rings. The first kappa shape index (κ1) is 23.4. The van der Waals surface area contributed by atoms with E-state index in [9.17, 15) is 0 Å². The Balaban J connectivity index is 0.00000484. The molecule has 4 heteroatoms. The van der Waals surface area contributed by atoms with Crippen LogP contribution >= 0.6 is 0 Å². The Morgan fingerprint density at radius 2 is 1.13 bits per heavy atom. The lowest BCUT2D eigenvalue weighted by molar-refractivity contribution is -0.908. The fourth-order valence-corrected chi connectivity index (χ4v) is 3.35. The maximum atomic E-state index is 2.51. The van der Waals surface area contributed by atoms with Gasteiger partial charge in [-0.2, -0.15) is 0 Å². The third-order valence-corrected chi connectivity index (χ3v) is 5.46. The van der Waals surface area contributed by atoms with Gasteiger partial charge in [0.2, 0.25) is 0 Å². The predicted octanol–water partition coefficient (Wildman–Crippen LogP) is 0.455. The third kappa shape index (κ3) is 11.5. The van der Waals surface area contributed by atoms with Gasteiger partial charge in [-0.25, -0.2) is 0 Å². The van der Waals surface area contributed by atoms with Crippen molar-refractivity contribution in [3.8, 4) is 0 Å². The minimum atomic E-state index is 0. The molecule has 1 saturated heterocycles. The van der Waals surface area contributed by atoms with E-state index in [1.807, 2.05) is 0 Å². The van der Waals surface area contributed by atoms with Crippen LogP contribution < -0.4 is 17.0 Å². The fourth-order valence-electron chi connectivity index (χ4n) is 3.35. The van der Waals surface area contributed by atoms with Gasteiger partial charge < -0.3 is 21.5 Å². The molecular weight excluding hydrogens is 350 g/mol. The van der Waals surface area contributed by atoms with E-state index >= 15 is 0 Å². The zero-order valence-corrected chi connectivity index (χ0v) is 17.9. The molecule has 0 aliphatic carbocycles. The summed E-state index contributed by atoms with van der Waals surface area (Å²) in [6.07, 6.45) is 11.4. The largest absolute Gasteiger partial charge is 1.00 e. The summed E-state index contributed by atoms with van der Waals surface area (Å²) in [5.74, 6) is 0. The molecule has 1 heterocycles. The highest BCUT2D eigenvalue weighted by Crippen LogP contribution is 2.12. The average molecular weight is 392 g/mol. The lowest BCUT2D eigenvalue weighted by Gasteiger charge is -2.35. The van der Waals surface area contributed by atoms with Crippen molar-refractivity contribution in [3.63, 3.8) is 0 Å². The summed E-state index contributed by atoms with van der Waals surface area (Å²) in [6.45, 7) is 11.2. The van der Waals surface area contributed by atoms with E-state index in [0.717, 1.165) is 0 Å². The number of quaternary nitrogens is 1. The summed E-state index contributed by atoms with van der Waals surface area (Å²) < 4.78 is 1.27. The topological polar surface area (TPSA) is 6.48 Å². The van der Waals surface area contributed by atoms with E-state index in [1.54, 1.807) is 0 Å². The van der Waals surface area contributed by atoms with Crippen molar-refractivity contribution >= 4 is 0 Å². The van der Waals surface area contributed by atoms with Gasteiger partial charge in [-0.05, 0) is 26.9 Å². The second kappa shape index (κ2) is 13.6. The summed E-state index contributed by atoms with van der Waals surface area (Å²) >= 11 is 0. The molecule has 1 aliphatic rings. The monoisotopic (exact) mass is 391 g/mol. The molecular formula is C19H42BrN3. The molecule has 1 rings (SSSR count). The standard InChI is InChI=1S/C19H42N3.BrH/c1-5-6-7-8-9-10-11-12-17-22(4)18-15-20(2)13-14-21(3)16-19-22;/h5-19H2,1-4H3;1H/q+1;/p-1. The zero-order chi connectivity index (χ0) is 16.3. The minimum absolute atomic E-state index is 0. The fraction of sp³-hybridized carbons (Fsp3) is 1.00. The van der Waals surface area contributed by atoms with E-state index in [4.69, 9.17) is 0 Å². The van der Waals surface area contributed by atoms with Crippen LogP contribution in [0.5, 0.6) is 0 Å². The Morgan fingerprint density at radius 3 is 1.61 bits per heavy atom. The van der Waals surface area contributed by atoms with Crippen LogP contribution in [-0.4, -0.2) is 81.2 Å². The lowest BCUT2D eigenvalue weighted by Crippen LogP contribution is -3.00. The van der Waals surface area contributed by atoms with Crippen molar-refractivity contribution in [1.82, 2.24) is 9.80 Å². The Bertz CT molecular complexity index is 259. The Morgan fingerprint density at radius 1 is 0.696 bits per heavy atom. The second-order valence-corrected chi connectivity index (χ2v) is 7.87. The number of hydrogen-bond donors (Lipinski definition) is 0. The van der Waals surface area contributed by atoms with Gasteiger partial charge in [-0.15, -0.1) is 0 Å². The van der Waals surface area contributed by atoms with E-state index < -0.39 is 0 Å². The number of likely N-dealkylation sites (N-methyl/N-ethyl adjacent to an activating group) is 3. The molecule has 23 heavy (non-hydrogen) atoms. The highest BCUT2D eigenvalue weighted by molar-refractivity contribution is 4.61. The first-order valence-corrected chi connectivity index (χ1v) is 9.76. The molecule has 0 unspecified atom stereocenters. The van der Waals surface area contributed by atoms with Crippen molar-refractivity contribution in [3.05, 3.63) is 0 Å². The molecule has 0 aromatic carbocycles. The van der Waals surface area contributed by atoms with Crippen molar-refractivity contribution in [2.24, 2.45) is 0 Å². The van der Waals surface area contributed by atoms with Crippen LogP contribution in [0, 0.1) is 0 Å². The van der Waals surface area contributed by atoms with Gasteiger partial charge >= 0.3 is 0 Å². The summed E-state index contributed by atoms with van der Waals surface area (Å²) in [7, 11) is 7.04. The normalized spacial score (nSPS) is 20.3. The van der Waals surface area contributed by atoms with Crippen LogP contribution in [0.3, 0.4) is 0 Å². The highest BCUT2D eigenvalue weighted by Gasteiger charge is 2.23. The summed E-state index contributed by atoms with van der Waals surface area (Å²) in [5.41, 5.74) is 0. The molecule has 140 valence electrons. The zero-order valence-electron chi connectivity index (χ0n) is 16.3. The molecule has 0 bridgehead atoms. The Hall–Kier alpha value is 0.360. The van der Waals surface area contributed by atoms with Crippen molar-refractivity contribution in [1.29, 1.82) is 0 Å². The second-order valence-electron chi connectivity index (χ2n) is 7.87. The summed E-state index contributed by atoms with van der Waals surface area (Å²) in [5, 5.41) is 0. The molecule has 0 spiro atoms. The maximum Gasteiger partial charge on any atom is 0.0914 e. The minimum Gasteiger partial charge on any atom is -1.00 e. The van der Waals surface area contributed by atoms with Crippen molar-refractivity contribution in [2.75, 3.05) is 67.0 Å². The Kier molecular flexibility index (Phi) is 13.8. The first-order chi connectivity index (χ1) is 10.6. The van der Waals surface area contributed by atoms with Gasteiger partial charge in [0.05, 0.1) is 26.7 Å². The number of hydrogen-bond acceptors (Lipinski definition) is 2. The maximum absolute atomic E-state index is 2.51. The van der Waals surface area contributed by atoms with Crippen LogP contribution in [0.2, 0.25) is 0 Å². The van der Waals surface area contributed by atoms with Crippen molar-refractivity contribution in [2.45, 2.75) is 58.3 Å². The predicted molar refractivity (Wildman–Crippen MR) is 98.4 cm³/mol. The van der Waals surface area contributed by atoms with Gasteiger partial charge in [-0.1, -0.05) is 45.4 Å². The van der Waals surface area contributed by atoms with Crippen LogP contribution in [0.1, 0.15) is 58.3 Å². The lowest BCUT2D eigenvalue weighted by atomic mass is 10.1. The van der Waals surface area contributed by atoms with Crippen LogP contribution in [0.15, 0.2) is 0 Å². The highest BCUT2D eigenvalue weighted by atomic mass is 79.9. The smallest absolute Gasteiger partial charge is 0.0914 e. The molecule has 0 radical (unpaired) electrons. The van der Waals surface area contributed by atoms with E-state index in [-0.39, 0.29) is 17.0 Å². The van der Waals surface area contributed by atoms with Crippen LogP contribution in [0.4, 0.5) is 0 Å². The van der Waals surface area contributed by atoms with Gasteiger partial charge in [-0.3, -0.25) is 9.80 Å². The molecule has 3 nitrogen and oxygen atoms in total. The number of rotatable bonds is 9. The van der Waals surface area contributed by atoms with E-state index in [2.05, 4.69) is 37.9 Å². The van der Waals surface area contributed by atoms with Gasteiger partial charge in [0.25, 0.3) is 0 Å². The molecule has 0 aromatic heterocycles. The van der Waals surface area contributed by atoms with Crippen LogP contribution in [-0.2, 0) is 0 Å². The van der Waals surface area contributed by atoms with Crippen molar-refractivity contribution < 1.29 is 21.5 Å². The quantitative estimate of drug-likeness (QED) is 0.416. The molecule has 0 amide bonds. The molecule has 0 N–H and O–H groups in total. The molecule has 0 aromatic rings. The molecule has 1 aliphatic heterocycles. The molecule has 0 atom stereocenters. The van der Waals surface area contributed by atoms with E-state index in [1.165, 1.54) is 102 Å². The Labute approximate surface area is 156 Å². The summed E-state index contributed by atoms with van der Waals surface area (Å²) in [4.78, 5) is 5.01. The number of halogens is 1. The van der Waals surface area contributed by atoms with Gasteiger partial charge in [0.15, 0.2) is 0 Å². The SMILES string of the molecule is CCCCCCCCCC[N+]1(C)CCN(C)CCN(C)CC1.[Br-]. The first-order valence-electron chi connectivity index (χ1n) is 9.76. The third-order valence-electron chi connectivity index (χ3n) is 5.46. The number of nitrogens with zero attached hydrogens (tertiary/aromatic N) is 3. The van der Waals surface area contributed by atoms with Gasteiger partial charge in [0, 0.05) is 26.2 Å². The van der Waals surface area contributed by atoms with Gasteiger partial charge in [0.1, 0.15) is 0 Å². The number of unbranched alkanes of at least 4 members (excludes halogenated alkanes) is 7.